The molecule has 0 aliphatic rings. The van der Waals surface area contributed by atoms with E-state index in [0.717, 1.165) is 31.2 Å². The van der Waals surface area contributed by atoms with Crippen molar-refractivity contribution in [3.05, 3.63) is 35.9 Å². The summed E-state index contributed by atoms with van der Waals surface area (Å²) < 4.78 is 5.12. The van der Waals surface area contributed by atoms with Crippen molar-refractivity contribution in [3.63, 3.8) is 0 Å². The molecule has 0 aromatic heterocycles. The smallest absolute Gasteiger partial charge is 0.118 e. The number of rotatable bonds is 7. The Balaban J connectivity index is 2.23. The van der Waals surface area contributed by atoms with Crippen molar-refractivity contribution in [3.8, 4) is 5.75 Å². The summed E-state index contributed by atoms with van der Waals surface area (Å²) in [4.78, 5) is 0. The molecule has 0 aliphatic heterocycles. The Hall–Kier alpha value is -1.28. The zero-order valence-corrected chi connectivity index (χ0v) is 11.1. The maximum Gasteiger partial charge on any atom is 0.118 e. The molecule has 0 radical (unpaired) electrons. The molecule has 2 nitrogen and oxygen atoms in total. The summed E-state index contributed by atoms with van der Waals surface area (Å²) in [7, 11) is 1.69. The van der Waals surface area contributed by atoms with Crippen molar-refractivity contribution >= 4 is 6.08 Å². The maximum atomic E-state index is 5.12. The molecule has 0 unspecified atom stereocenters. The second-order valence-electron chi connectivity index (χ2n) is 4.56. The van der Waals surface area contributed by atoms with Gasteiger partial charge in [-0.3, -0.25) is 0 Å². The molecule has 0 saturated heterocycles. The van der Waals surface area contributed by atoms with Crippen molar-refractivity contribution in [1.29, 1.82) is 0 Å². The molecule has 1 aromatic rings. The van der Waals surface area contributed by atoms with Crippen molar-refractivity contribution in [2.24, 2.45) is 5.92 Å². The minimum absolute atomic E-state index is 0.723. The summed E-state index contributed by atoms with van der Waals surface area (Å²) in [5.74, 6) is 1.63. The predicted octanol–water partition coefficient (Wildman–Crippen LogP) is 3.34. The first kappa shape index (κ1) is 13.8. The maximum absolute atomic E-state index is 5.12. The molecule has 0 bridgehead atoms. The molecule has 94 valence electrons. The van der Waals surface area contributed by atoms with Crippen LogP contribution in [0, 0.1) is 5.92 Å². The van der Waals surface area contributed by atoms with Crippen LogP contribution < -0.4 is 10.1 Å². The zero-order valence-electron chi connectivity index (χ0n) is 11.1. The van der Waals surface area contributed by atoms with Gasteiger partial charge in [-0.25, -0.2) is 0 Å². The number of methoxy groups -OCH3 is 1. The normalized spacial score (nSPS) is 11.3. The van der Waals surface area contributed by atoms with E-state index < -0.39 is 0 Å². The molecule has 0 saturated carbocycles. The Morgan fingerprint density at radius 2 is 1.94 bits per heavy atom. The molecule has 1 rings (SSSR count). The lowest BCUT2D eigenvalue weighted by molar-refractivity contribution is 0.415. The van der Waals surface area contributed by atoms with Crippen LogP contribution in [0.1, 0.15) is 25.8 Å². The van der Waals surface area contributed by atoms with Crippen LogP contribution in [-0.4, -0.2) is 20.2 Å². The molecule has 2 heteroatoms. The molecular formula is C15H23NO. The van der Waals surface area contributed by atoms with Gasteiger partial charge in [-0.2, -0.15) is 0 Å². The highest BCUT2D eigenvalue weighted by molar-refractivity contribution is 5.50. The first-order chi connectivity index (χ1) is 8.22. The highest BCUT2D eigenvalue weighted by atomic mass is 16.5. The van der Waals surface area contributed by atoms with Crippen LogP contribution in [-0.2, 0) is 0 Å². The van der Waals surface area contributed by atoms with Crippen LogP contribution in [0.15, 0.2) is 30.3 Å². The summed E-state index contributed by atoms with van der Waals surface area (Å²) in [5.41, 5.74) is 1.22. The summed E-state index contributed by atoms with van der Waals surface area (Å²) in [6.45, 7) is 6.58. The third-order valence-electron chi connectivity index (χ3n) is 2.47. The predicted molar refractivity (Wildman–Crippen MR) is 74.4 cm³/mol. The lowest BCUT2D eigenvalue weighted by Gasteiger charge is -2.04. The summed E-state index contributed by atoms with van der Waals surface area (Å²) in [6, 6.07) is 8.10. The number of benzene rings is 1. The Labute approximate surface area is 105 Å². The lowest BCUT2D eigenvalue weighted by Crippen LogP contribution is -2.20. The van der Waals surface area contributed by atoms with Gasteiger partial charge in [0.15, 0.2) is 0 Å². The van der Waals surface area contributed by atoms with E-state index in [0.29, 0.717) is 0 Å². The van der Waals surface area contributed by atoms with Gasteiger partial charge in [0.1, 0.15) is 5.75 Å². The van der Waals surface area contributed by atoms with Gasteiger partial charge < -0.3 is 10.1 Å². The van der Waals surface area contributed by atoms with Crippen molar-refractivity contribution < 1.29 is 4.74 Å². The monoisotopic (exact) mass is 233 g/mol. The van der Waals surface area contributed by atoms with E-state index in [1.165, 1.54) is 5.56 Å². The van der Waals surface area contributed by atoms with Gasteiger partial charge in [0.25, 0.3) is 0 Å². The van der Waals surface area contributed by atoms with Gasteiger partial charge in [0, 0.05) is 0 Å². The number of hydrogen-bond acceptors (Lipinski definition) is 2. The molecule has 0 fully saturated rings. The fourth-order valence-electron chi connectivity index (χ4n) is 1.51. The Morgan fingerprint density at radius 1 is 1.24 bits per heavy atom. The second-order valence-corrected chi connectivity index (χ2v) is 4.56. The number of nitrogens with one attached hydrogen (secondary N) is 1. The minimum Gasteiger partial charge on any atom is -0.497 e. The fourth-order valence-corrected chi connectivity index (χ4v) is 1.51. The highest BCUT2D eigenvalue weighted by Crippen LogP contribution is 2.12. The van der Waals surface area contributed by atoms with E-state index in [-0.39, 0.29) is 0 Å². The van der Waals surface area contributed by atoms with E-state index in [1.807, 2.05) is 12.1 Å². The van der Waals surface area contributed by atoms with E-state index in [1.54, 1.807) is 7.11 Å². The molecular weight excluding hydrogens is 210 g/mol. The van der Waals surface area contributed by atoms with Crippen LogP contribution in [0.5, 0.6) is 5.75 Å². The summed E-state index contributed by atoms with van der Waals surface area (Å²) in [6.07, 6.45) is 5.42. The molecule has 0 heterocycles. The van der Waals surface area contributed by atoms with Crippen LogP contribution >= 0.6 is 0 Å². The SMILES string of the molecule is COc1ccc(C=CCCNCC(C)C)cc1. The van der Waals surface area contributed by atoms with Crippen LogP contribution in [0.25, 0.3) is 6.08 Å². The average molecular weight is 233 g/mol. The van der Waals surface area contributed by atoms with Crippen LogP contribution in [0.3, 0.4) is 0 Å². The van der Waals surface area contributed by atoms with Gasteiger partial charge in [0.2, 0.25) is 0 Å². The van der Waals surface area contributed by atoms with Crippen LogP contribution in [0.2, 0.25) is 0 Å². The molecule has 1 N–H and O–H groups in total. The minimum atomic E-state index is 0.723. The first-order valence-corrected chi connectivity index (χ1v) is 6.23. The van der Waals surface area contributed by atoms with Gasteiger partial charge in [-0.1, -0.05) is 38.1 Å². The van der Waals surface area contributed by atoms with E-state index in [9.17, 15) is 0 Å². The van der Waals surface area contributed by atoms with E-state index in [4.69, 9.17) is 4.74 Å². The van der Waals surface area contributed by atoms with Gasteiger partial charge in [0.05, 0.1) is 7.11 Å². The number of ether oxygens (including phenoxy) is 1. The van der Waals surface area contributed by atoms with Crippen molar-refractivity contribution in [2.45, 2.75) is 20.3 Å². The van der Waals surface area contributed by atoms with Crippen molar-refractivity contribution in [1.82, 2.24) is 5.32 Å². The highest BCUT2D eigenvalue weighted by Gasteiger charge is 1.91. The van der Waals surface area contributed by atoms with Gasteiger partial charge in [-0.15, -0.1) is 0 Å². The zero-order chi connectivity index (χ0) is 12.5. The fraction of sp³-hybridized carbons (Fsp3) is 0.467. The van der Waals surface area contributed by atoms with Crippen molar-refractivity contribution in [2.75, 3.05) is 20.2 Å². The van der Waals surface area contributed by atoms with Gasteiger partial charge >= 0.3 is 0 Å². The Morgan fingerprint density at radius 3 is 2.53 bits per heavy atom. The molecule has 17 heavy (non-hydrogen) atoms. The first-order valence-electron chi connectivity index (χ1n) is 6.23. The Bertz CT molecular complexity index is 327. The second kappa shape index (κ2) is 7.91. The summed E-state index contributed by atoms with van der Waals surface area (Å²) >= 11 is 0. The van der Waals surface area contributed by atoms with E-state index in [2.05, 4.69) is 43.4 Å². The summed E-state index contributed by atoms with van der Waals surface area (Å²) in [5, 5.41) is 3.42. The number of hydrogen-bond donors (Lipinski definition) is 1. The standard InChI is InChI=1S/C15H23NO/c1-13(2)12-16-11-5-4-6-14-7-9-15(17-3)10-8-14/h4,6-10,13,16H,5,11-12H2,1-3H3. The van der Waals surface area contributed by atoms with E-state index >= 15 is 0 Å². The third-order valence-corrected chi connectivity index (χ3v) is 2.47. The molecule has 0 aliphatic carbocycles. The molecule has 0 atom stereocenters. The Kier molecular flexibility index (Phi) is 6.41. The quantitative estimate of drug-likeness (QED) is 0.729. The van der Waals surface area contributed by atoms with Gasteiger partial charge in [-0.05, 0) is 43.1 Å². The van der Waals surface area contributed by atoms with Crippen LogP contribution in [0.4, 0.5) is 0 Å². The lowest BCUT2D eigenvalue weighted by atomic mass is 10.2. The molecule has 1 aromatic carbocycles. The average Bonchev–Trinajstić information content (AvgIpc) is 2.34. The topological polar surface area (TPSA) is 21.3 Å². The largest absolute Gasteiger partial charge is 0.497 e. The third kappa shape index (κ3) is 6.12. The molecule has 0 spiro atoms. The molecule has 0 amide bonds.